The van der Waals surface area contributed by atoms with Crippen LogP contribution in [0.1, 0.15) is 16.7 Å². The smallest absolute Gasteiger partial charge is 0.293 e. The van der Waals surface area contributed by atoms with E-state index in [-0.39, 0.29) is 0 Å². The van der Waals surface area contributed by atoms with E-state index in [0.29, 0.717) is 0 Å². The van der Waals surface area contributed by atoms with Crippen LogP contribution in [-0.4, -0.2) is 5.91 Å². The van der Waals surface area contributed by atoms with Gasteiger partial charge in [0.05, 0.1) is 0 Å². The molecule has 1 aromatic rings. The molecule has 0 aliphatic carbocycles. The van der Waals surface area contributed by atoms with Crippen molar-refractivity contribution in [2.45, 2.75) is 13.8 Å². The summed E-state index contributed by atoms with van der Waals surface area (Å²) in [5.74, 6) is 4.49. The van der Waals surface area contributed by atoms with E-state index < -0.39 is 5.91 Å². The first kappa shape index (κ1) is 10.8. The Bertz CT molecular complexity index is 417. The quantitative estimate of drug-likeness (QED) is 0.704. The third-order valence-electron chi connectivity index (χ3n) is 1.81. The molecule has 0 saturated carbocycles. The lowest BCUT2D eigenvalue weighted by molar-refractivity contribution is -0.112. The minimum Gasteiger partial charge on any atom is -0.359 e. The minimum absolute atomic E-state index is 0.605. The number of carbonyl (C=O) groups is 1. The zero-order valence-electron chi connectivity index (χ0n) is 8.02. The molecule has 0 unspecified atom stereocenters. The zero-order valence-corrected chi connectivity index (χ0v) is 9.60. The standard InChI is InChI=1S/C11H10BrNO/c1-7-5-9(12)6-8(2)10(7)3-4-11(13)14/h5-6H,1-2H3,(H2,13,14). The highest BCUT2D eigenvalue weighted by molar-refractivity contribution is 9.10. The maximum atomic E-state index is 10.5. The molecule has 14 heavy (non-hydrogen) atoms. The van der Waals surface area contributed by atoms with Crippen LogP contribution in [-0.2, 0) is 4.79 Å². The second-order valence-electron chi connectivity index (χ2n) is 3.03. The van der Waals surface area contributed by atoms with Crippen molar-refractivity contribution in [2.24, 2.45) is 5.73 Å². The average Bonchev–Trinajstić information content (AvgIpc) is 2.01. The fraction of sp³-hybridized carbons (Fsp3) is 0.182. The fourth-order valence-corrected chi connectivity index (χ4v) is 1.92. The summed E-state index contributed by atoms with van der Waals surface area (Å²) in [5, 5.41) is 0. The number of primary amides is 1. The molecule has 1 rings (SSSR count). The monoisotopic (exact) mass is 251 g/mol. The summed E-state index contributed by atoms with van der Waals surface area (Å²) in [4.78, 5) is 10.5. The van der Waals surface area contributed by atoms with Gasteiger partial charge in [-0.25, -0.2) is 0 Å². The Morgan fingerprint density at radius 3 is 2.29 bits per heavy atom. The molecule has 0 radical (unpaired) electrons. The SMILES string of the molecule is Cc1cc(Br)cc(C)c1C#CC(N)=O. The van der Waals surface area contributed by atoms with E-state index in [2.05, 4.69) is 27.8 Å². The number of carbonyl (C=O) groups excluding carboxylic acids is 1. The minimum atomic E-state index is -0.605. The number of nitrogens with two attached hydrogens (primary N) is 1. The third-order valence-corrected chi connectivity index (χ3v) is 2.27. The molecule has 2 N–H and O–H groups in total. The van der Waals surface area contributed by atoms with Crippen molar-refractivity contribution in [1.82, 2.24) is 0 Å². The first-order valence-electron chi connectivity index (χ1n) is 4.09. The molecule has 0 atom stereocenters. The molecule has 0 aliphatic heterocycles. The summed E-state index contributed by atoms with van der Waals surface area (Å²) < 4.78 is 1.01. The summed E-state index contributed by atoms with van der Waals surface area (Å²) >= 11 is 3.39. The molecule has 0 aromatic heterocycles. The highest BCUT2D eigenvalue weighted by atomic mass is 79.9. The number of rotatable bonds is 0. The molecule has 0 heterocycles. The van der Waals surface area contributed by atoms with E-state index in [1.165, 1.54) is 0 Å². The summed E-state index contributed by atoms with van der Waals surface area (Å²) in [5.41, 5.74) is 7.88. The van der Waals surface area contributed by atoms with E-state index >= 15 is 0 Å². The van der Waals surface area contributed by atoms with Crippen LogP contribution in [0.2, 0.25) is 0 Å². The summed E-state index contributed by atoms with van der Waals surface area (Å²) in [6, 6.07) is 3.91. The second kappa shape index (κ2) is 4.30. The van der Waals surface area contributed by atoms with Gasteiger partial charge in [-0.2, -0.15) is 0 Å². The molecule has 3 heteroatoms. The molecule has 1 aromatic carbocycles. The van der Waals surface area contributed by atoms with Gasteiger partial charge in [-0.15, -0.1) is 0 Å². The van der Waals surface area contributed by atoms with E-state index in [9.17, 15) is 4.79 Å². The lowest BCUT2D eigenvalue weighted by Crippen LogP contribution is -2.06. The van der Waals surface area contributed by atoms with Gasteiger partial charge in [0.2, 0.25) is 0 Å². The van der Waals surface area contributed by atoms with Gasteiger partial charge >= 0.3 is 0 Å². The predicted octanol–water partition coefficient (Wildman–Crippen LogP) is 1.90. The van der Waals surface area contributed by atoms with Gasteiger partial charge in [0.25, 0.3) is 5.91 Å². The Balaban J connectivity index is 3.24. The average molecular weight is 252 g/mol. The maximum Gasteiger partial charge on any atom is 0.293 e. The fourth-order valence-electron chi connectivity index (χ4n) is 1.23. The van der Waals surface area contributed by atoms with Gasteiger partial charge < -0.3 is 5.73 Å². The van der Waals surface area contributed by atoms with Crippen LogP contribution < -0.4 is 5.73 Å². The summed E-state index contributed by atoms with van der Waals surface area (Å²) in [7, 11) is 0. The molecule has 72 valence electrons. The van der Waals surface area contributed by atoms with Crippen LogP contribution in [0.4, 0.5) is 0 Å². The zero-order chi connectivity index (χ0) is 10.7. The summed E-state index contributed by atoms with van der Waals surface area (Å²) in [6.45, 7) is 3.89. The van der Waals surface area contributed by atoms with Gasteiger partial charge in [0.15, 0.2) is 0 Å². The van der Waals surface area contributed by atoms with Crippen LogP contribution in [0, 0.1) is 25.7 Å². The summed E-state index contributed by atoms with van der Waals surface area (Å²) in [6.07, 6.45) is 0. The van der Waals surface area contributed by atoms with Crippen LogP contribution >= 0.6 is 15.9 Å². The number of halogens is 1. The van der Waals surface area contributed by atoms with Crippen LogP contribution in [0.25, 0.3) is 0 Å². The van der Waals surface area contributed by atoms with Crippen LogP contribution in [0.5, 0.6) is 0 Å². The number of amides is 1. The van der Waals surface area contributed by atoms with Crippen molar-refractivity contribution in [3.8, 4) is 11.8 Å². The number of hydrogen-bond donors (Lipinski definition) is 1. The Labute approximate surface area is 91.6 Å². The molecule has 1 amide bonds. The number of hydrogen-bond acceptors (Lipinski definition) is 1. The van der Waals surface area contributed by atoms with Crippen molar-refractivity contribution < 1.29 is 4.79 Å². The molecule has 0 bridgehead atoms. The molecule has 0 fully saturated rings. The number of benzene rings is 1. The first-order valence-corrected chi connectivity index (χ1v) is 4.88. The van der Waals surface area contributed by atoms with Gasteiger partial charge in [0, 0.05) is 10.0 Å². The highest BCUT2D eigenvalue weighted by Crippen LogP contribution is 2.19. The largest absolute Gasteiger partial charge is 0.359 e. The normalized spacial score (nSPS) is 9.07. The second-order valence-corrected chi connectivity index (χ2v) is 3.94. The van der Waals surface area contributed by atoms with Crippen molar-refractivity contribution in [1.29, 1.82) is 0 Å². The molecule has 2 nitrogen and oxygen atoms in total. The first-order chi connectivity index (χ1) is 6.50. The lowest BCUT2D eigenvalue weighted by atomic mass is 10.0. The highest BCUT2D eigenvalue weighted by Gasteiger charge is 2.01. The molecule has 0 spiro atoms. The Kier molecular flexibility index (Phi) is 3.32. The predicted molar refractivity (Wildman–Crippen MR) is 59.7 cm³/mol. The lowest BCUT2D eigenvalue weighted by Gasteiger charge is -2.03. The van der Waals surface area contributed by atoms with Crippen molar-refractivity contribution in [3.63, 3.8) is 0 Å². The van der Waals surface area contributed by atoms with Crippen LogP contribution in [0.15, 0.2) is 16.6 Å². The van der Waals surface area contributed by atoms with E-state index in [4.69, 9.17) is 5.73 Å². The Morgan fingerprint density at radius 1 is 1.36 bits per heavy atom. The molecule has 0 aliphatic rings. The van der Waals surface area contributed by atoms with E-state index in [1.807, 2.05) is 26.0 Å². The van der Waals surface area contributed by atoms with Crippen molar-refractivity contribution in [2.75, 3.05) is 0 Å². The topological polar surface area (TPSA) is 43.1 Å². The molecular formula is C11H10BrNO. The van der Waals surface area contributed by atoms with E-state index in [1.54, 1.807) is 0 Å². The number of aryl methyl sites for hydroxylation is 2. The van der Waals surface area contributed by atoms with Gasteiger partial charge in [-0.1, -0.05) is 21.9 Å². The van der Waals surface area contributed by atoms with Gasteiger partial charge in [-0.3, -0.25) is 4.79 Å². The van der Waals surface area contributed by atoms with Crippen molar-refractivity contribution >= 4 is 21.8 Å². The molecule has 0 saturated heterocycles. The van der Waals surface area contributed by atoms with Crippen LogP contribution in [0.3, 0.4) is 0 Å². The molecular weight excluding hydrogens is 242 g/mol. The van der Waals surface area contributed by atoms with E-state index in [0.717, 1.165) is 21.2 Å². The maximum absolute atomic E-state index is 10.5. The van der Waals surface area contributed by atoms with Crippen molar-refractivity contribution in [3.05, 3.63) is 33.3 Å². The Hall–Kier alpha value is -1.27. The third kappa shape index (κ3) is 2.61. The van der Waals surface area contributed by atoms with Gasteiger partial charge in [0.1, 0.15) is 0 Å². The Morgan fingerprint density at radius 2 is 1.86 bits per heavy atom. The van der Waals surface area contributed by atoms with Gasteiger partial charge in [-0.05, 0) is 43.0 Å².